The fraction of sp³-hybridized carbons (Fsp3) is 0.125. The van der Waals surface area contributed by atoms with E-state index in [0.717, 1.165) is 0 Å². The van der Waals surface area contributed by atoms with Crippen LogP contribution in [0, 0.1) is 0 Å². The second-order valence-electron chi connectivity index (χ2n) is 2.68. The van der Waals surface area contributed by atoms with E-state index in [0.29, 0.717) is 11.8 Å². The molecule has 0 atom stereocenters. The van der Waals surface area contributed by atoms with E-state index in [1.807, 2.05) is 0 Å². The molecule has 1 aromatic heterocycles. The molecule has 72 valence electrons. The van der Waals surface area contributed by atoms with Gasteiger partial charge in [0.05, 0.1) is 0 Å². The number of benzene rings is 1. The highest BCUT2D eigenvalue weighted by molar-refractivity contribution is 5.31. The van der Waals surface area contributed by atoms with Crippen molar-refractivity contribution in [1.29, 1.82) is 0 Å². The molecule has 0 bridgehead atoms. The summed E-state index contributed by atoms with van der Waals surface area (Å²) in [7, 11) is 1.68. The molecule has 1 N–H and O–H groups in total. The van der Waals surface area contributed by atoms with Gasteiger partial charge in [-0.3, -0.25) is 0 Å². The molecule has 0 fully saturated rings. The van der Waals surface area contributed by atoms with Gasteiger partial charge in [0.1, 0.15) is 11.5 Å². The van der Waals surface area contributed by atoms with E-state index in [2.05, 4.69) is 15.5 Å². The lowest BCUT2D eigenvalue weighted by atomic mass is 10.3. The molecule has 2 rings (SSSR count). The molecule has 6 nitrogen and oxygen atoms in total. The van der Waals surface area contributed by atoms with Crippen LogP contribution >= 0.6 is 0 Å². The minimum absolute atomic E-state index is 0.188. The molecule has 0 aliphatic heterocycles. The van der Waals surface area contributed by atoms with Gasteiger partial charge in [0, 0.05) is 7.05 Å². The molecule has 0 amide bonds. The van der Waals surface area contributed by atoms with Crippen LogP contribution in [0.15, 0.2) is 24.3 Å². The van der Waals surface area contributed by atoms with Gasteiger partial charge >= 0.3 is 6.01 Å². The van der Waals surface area contributed by atoms with E-state index in [4.69, 9.17) is 9.84 Å². The van der Waals surface area contributed by atoms with Crippen molar-refractivity contribution in [3.63, 3.8) is 0 Å². The average Bonchev–Trinajstić information content (AvgIpc) is 2.56. The van der Waals surface area contributed by atoms with Crippen molar-refractivity contribution in [3.8, 4) is 17.5 Å². The van der Waals surface area contributed by atoms with Crippen molar-refractivity contribution < 1.29 is 9.84 Å². The van der Waals surface area contributed by atoms with Gasteiger partial charge in [0.2, 0.25) is 0 Å². The Morgan fingerprint density at radius 3 is 2.57 bits per heavy atom. The van der Waals surface area contributed by atoms with Crippen molar-refractivity contribution >= 4 is 0 Å². The number of aromatic nitrogens is 4. The predicted octanol–water partition coefficient (Wildman–Crippen LogP) is 0.708. The van der Waals surface area contributed by atoms with Crippen molar-refractivity contribution in [2.75, 3.05) is 0 Å². The lowest BCUT2D eigenvalue weighted by molar-refractivity contribution is 0.412. The normalized spacial score (nSPS) is 10.1. The standard InChI is InChI=1S/C8H8N4O2/c1-12-8(9-10-11-12)14-7-4-2-6(13)3-5-7/h2-5,13H,1H3. The first-order chi connectivity index (χ1) is 6.75. The van der Waals surface area contributed by atoms with Crippen LogP contribution in [0.4, 0.5) is 0 Å². The minimum Gasteiger partial charge on any atom is -0.508 e. The highest BCUT2D eigenvalue weighted by Gasteiger charge is 2.03. The molecule has 0 saturated heterocycles. The number of hydrogen-bond acceptors (Lipinski definition) is 5. The van der Waals surface area contributed by atoms with E-state index >= 15 is 0 Å². The van der Waals surface area contributed by atoms with Gasteiger partial charge in [-0.1, -0.05) is 5.10 Å². The monoisotopic (exact) mass is 192 g/mol. The molecule has 6 heteroatoms. The number of phenolic OH excluding ortho intramolecular Hbond substituents is 1. The number of hydrogen-bond donors (Lipinski definition) is 1. The Bertz CT molecular complexity index is 423. The first-order valence-electron chi connectivity index (χ1n) is 3.95. The van der Waals surface area contributed by atoms with Crippen LogP contribution in [0.25, 0.3) is 0 Å². The third-order valence-electron chi connectivity index (χ3n) is 1.63. The zero-order valence-corrected chi connectivity index (χ0v) is 7.45. The van der Waals surface area contributed by atoms with E-state index < -0.39 is 0 Å². The fourth-order valence-corrected chi connectivity index (χ4v) is 0.927. The molecule has 0 saturated carbocycles. The molecule has 0 spiro atoms. The molecule has 0 aliphatic rings. The predicted molar refractivity (Wildman–Crippen MR) is 47.0 cm³/mol. The summed E-state index contributed by atoms with van der Waals surface area (Å²) in [5, 5.41) is 19.7. The summed E-state index contributed by atoms with van der Waals surface area (Å²) in [5.41, 5.74) is 0. The van der Waals surface area contributed by atoms with E-state index in [9.17, 15) is 0 Å². The SMILES string of the molecule is Cn1nnnc1Oc1ccc(O)cc1. The van der Waals surface area contributed by atoms with E-state index in [-0.39, 0.29) is 5.75 Å². The summed E-state index contributed by atoms with van der Waals surface area (Å²) in [6.45, 7) is 0. The van der Waals surface area contributed by atoms with Crippen LogP contribution < -0.4 is 4.74 Å². The van der Waals surface area contributed by atoms with Gasteiger partial charge in [-0.15, -0.1) is 0 Å². The fourth-order valence-electron chi connectivity index (χ4n) is 0.927. The van der Waals surface area contributed by atoms with Crippen LogP contribution in [0.5, 0.6) is 17.5 Å². The lowest BCUT2D eigenvalue weighted by Gasteiger charge is -2.01. The first-order valence-corrected chi connectivity index (χ1v) is 3.95. The minimum atomic E-state index is 0.188. The molecule has 0 aliphatic carbocycles. The van der Waals surface area contributed by atoms with Gasteiger partial charge < -0.3 is 9.84 Å². The van der Waals surface area contributed by atoms with Gasteiger partial charge in [0.15, 0.2) is 0 Å². The lowest BCUT2D eigenvalue weighted by Crippen LogP contribution is -1.95. The molecule has 0 unspecified atom stereocenters. The third-order valence-corrected chi connectivity index (χ3v) is 1.63. The quantitative estimate of drug-likeness (QED) is 0.758. The van der Waals surface area contributed by atoms with Crippen molar-refractivity contribution in [2.45, 2.75) is 0 Å². The van der Waals surface area contributed by atoms with Gasteiger partial charge in [-0.05, 0) is 34.7 Å². The zero-order chi connectivity index (χ0) is 9.97. The highest BCUT2D eigenvalue weighted by Crippen LogP contribution is 2.20. The number of nitrogens with zero attached hydrogens (tertiary/aromatic N) is 4. The van der Waals surface area contributed by atoms with E-state index in [1.165, 1.54) is 16.8 Å². The number of tetrazole rings is 1. The van der Waals surface area contributed by atoms with Crippen LogP contribution in [-0.4, -0.2) is 25.3 Å². The summed E-state index contributed by atoms with van der Waals surface area (Å²) >= 11 is 0. The molecular weight excluding hydrogens is 184 g/mol. The number of ether oxygens (including phenoxy) is 1. The topological polar surface area (TPSA) is 73.1 Å². The van der Waals surface area contributed by atoms with Gasteiger partial charge in [-0.25, -0.2) is 0 Å². The van der Waals surface area contributed by atoms with Crippen molar-refractivity contribution in [1.82, 2.24) is 20.2 Å². The van der Waals surface area contributed by atoms with Gasteiger partial charge in [-0.2, -0.15) is 4.68 Å². The molecule has 2 aromatic rings. The van der Waals surface area contributed by atoms with E-state index in [1.54, 1.807) is 19.2 Å². The number of phenols is 1. The number of rotatable bonds is 2. The Labute approximate surface area is 79.7 Å². The second-order valence-corrected chi connectivity index (χ2v) is 2.68. The average molecular weight is 192 g/mol. The molecule has 0 radical (unpaired) electrons. The van der Waals surface area contributed by atoms with Crippen molar-refractivity contribution in [2.24, 2.45) is 7.05 Å². The number of aryl methyl sites for hydroxylation is 1. The molecule has 14 heavy (non-hydrogen) atoms. The van der Waals surface area contributed by atoms with Crippen LogP contribution in [0.1, 0.15) is 0 Å². The van der Waals surface area contributed by atoms with Crippen LogP contribution in [0.2, 0.25) is 0 Å². The Morgan fingerprint density at radius 2 is 2.00 bits per heavy atom. The van der Waals surface area contributed by atoms with Gasteiger partial charge in [0.25, 0.3) is 0 Å². The summed E-state index contributed by atoms with van der Waals surface area (Å²) in [6.07, 6.45) is 0. The first kappa shape index (κ1) is 8.49. The molecular formula is C8H8N4O2. The van der Waals surface area contributed by atoms with Crippen molar-refractivity contribution in [3.05, 3.63) is 24.3 Å². The summed E-state index contributed by atoms with van der Waals surface area (Å²) in [5.74, 6) is 0.758. The summed E-state index contributed by atoms with van der Waals surface area (Å²) in [4.78, 5) is 0. The maximum absolute atomic E-state index is 9.04. The maximum Gasteiger partial charge on any atom is 0.340 e. The van der Waals surface area contributed by atoms with Crippen LogP contribution in [-0.2, 0) is 7.05 Å². The largest absolute Gasteiger partial charge is 0.508 e. The Morgan fingerprint density at radius 1 is 1.29 bits per heavy atom. The Balaban J connectivity index is 2.19. The number of aromatic hydroxyl groups is 1. The Kier molecular flexibility index (Phi) is 2.02. The molecule has 1 heterocycles. The third kappa shape index (κ3) is 1.63. The molecule has 1 aromatic carbocycles. The zero-order valence-electron chi connectivity index (χ0n) is 7.45. The summed E-state index contributed by atoms with van der Waals surface area (Å²) in [6, 6.07) is 6.61. The highest BCUT2D eigenvalue weighted by atomic mass is 16.5. The maximum atomic E-state index is 9.04. The van der Waals surface area contributed by atoms with Crippen LogP contribution in [0.3, 0.4) is 0 Å². The smallest absolute Gasteiger partial charge is 0.340 e. The summed E-state index contributed by atoms with van der Waals surface area (Å²) < 4.78 is 6.73. The second kappa shape index (κ2) is 3.33. The Hall–Kier alpha value is -2.11.